The lowest BCUT2D eigenvalue weighted by molar-refractivity contribution is -0.139. The van der Waals surface area contributed by atoms with Gasteiger partial charge in [-0.2, -0.15) is 0 Å². The standard InChI is InChI=1S/C22H30N4O4/c1-4-18(12-11-16-9-7-6-8-10-16)30-20-14-17(22(28)29-5-2)13-19(25-26-23)21(20)24-15(3)27/h6-10,14,18-21H,4-5,11-13H2,1-3H3,(H,24,27)/t18-,19-,20+,21+/m0/s1. The van der Waals surface area contributed by atoms with E-state index < -0.39 is 24.2 Å². The molecule has 0 spiro atoms. The van der Waals surface area contributed by atoms with Gasteiger partial charge in [0.2, 0.25) is 5.91 Å². The summed E-state index contributed by atoms with van der Waals surface area (Å²) in [4.78, 5) is 27.0. The summed E-state index contributed by atoms with van der Waals surface area (Å²) >= 11 is 0. The van der Waals surface area contributed by atoms with Crippen molar-refractivity contribution in [2.75, 3.05) is 6.61 Å². The molecule has 2 rings (SSSR count). The Hall–Kier alpha value is -2.83. The quantitative estimate of drug-likeness (QED) is 0.271. The topological polar surface area (TPSA) is 113 Å². The van der Waals surface area contributed by atoms with Crippen LogP contribution in [0.15, 0.2) is 47.1 Å². The van der Waals surface area contributed by atoms with Gasteiger partial charge in [0.15, 0.2) is 0 Å². The fraction of sp³-hybridized carbons (Fsp3) is 0.545. The molecule has 1 aromatic rings. The minimum Gasteiger partial charge on any atom is -0.463 e. The van der Waals surface area contributed by atoms with Crippen LogP contribution in [-0.4, -0.2) is 42.8 Å². The average molecular weight is 415 g/mol. The lowest BCUT2D eigenvalue weighted by Crippen LogP contribution is -2.53. The fourth-order valence-electron chi connectivity index (χ4n) is 3.60. The van der Waals surface area contributed by atoms with E-state index in [0.717, 1.165) is 19.3 Å². The van der Waals surface area contributed by atoms with E-state index in [1.54, 1.807) is 13.0 Å². The highest BCUT2D eigenvalue weighted by molar-refractivity contribution is 5.89. The van der Waals surface area contributed by atoms with Crippen LogP contribution < -0.4 is 5.32 Å². The summed E-state index contributed by atoms with van der Waals surface area (Å²) in [6.45, 7) is 5.42. The molecular weight excluding hydrogens is 384 g/mol. The molecule has 162 valence electrons. The van der Waals surface area contributed by atoms with E-state index in [1.807, 2.05) is 25.1 Å². The first-order chi connectivity index (χ1) is 14.5. The third-order valence-corrected chi connectivity index (χ3v) is 5.07. The number of aryl methyl sites for hydroxylation is 1. The van der Waals surface area contributed by atoms with Crippen LogP contribution in [0, 0.1) is 0 Å². The smallest absolute Gasteiger partial charge is 0.333 e. The van der Waals surface area contributed by atoms with E-state index in [-0.39, 0.29) is 25.0 Å². The van der Waals surface area contributed by atoms with Crippen molar-refractivity contribution < 1.29 is 19.1 Å². The number of carbonyl (C=O) groups excluding carboxylic acids is 2. The predicted octanol–water partition coefficient (Wildman–Crippen LogP) is 3.86. The molecule has 0 saturated heterocycles. The number of benzene rings is 1. The van der Waals surface area contributed by atoms with Gasteiger partial charge in [0.1, 0.15) is 0 Å². The minimum atomic E-state index is -0.639. The molecule has 4 atom stereocenters. The average Bonchev–Trinajstić information content (AvgIpc) is 2.73. The van der Waals surface area contributed by atoms with Crippen molar-refractivity contribution >= 4 is 11.9 Å². The Morgan fingerprint density at radius 2 is 2.03 bits per heavy atom. The van der Waals surface area contributed by atoms with Gasteiger partial charge in [-0.05, 0) is 49.8 Å². The van der Waals surface area contributed by atoms with Crippen LogP contribution >= 0.6 is 0 Å². The zero-order chi connectivity index (χ0) is 21.9. The monoisotopic (exact) mass is 414 g/mol. The Morgan fingerprint density at radius 1 is 1.30 bits per heavy atom. The normalized spacial score (nSPS) is 21.7. The second-order valence-electron chi connectivity index (χ2n) is 7.27. The van der Waals surface area contributed by atoms with Crippen LogP contribution in [0.5, 0.6) is 0 Å². The number of carbonyl (C=O) groups is 2. The number of ether oxygens (including phenoxy) is 2. The van der Waals surface area contributed by atoms with E-state index in [1.165, 1.54) is 12.5 Å². The van der Waals surface area contributed by atoms with E-state index in [9.17, 15) is 9.59 Å². The first-order valence-corrected chi connectivity index (χ1v) is 10.4. The molecule has 0 unspecified atom stereocenters. The maximum absolute atomic E-state index is 12.3. The summed E-state index contributed by atoms with van der Waals surface area (Å²) in [6.07, 6.45) is 3.62. The molecule has 0 fully saturated rings. The molecule has 0 aromatic heterocycles. The number of hydrogen-bond acceptors (Lipinski definition) is 5. The molecule has 1 aliphatic rings. The number of esters is 1. The summed E-state index contributed by atoms with van der Waals surface area (Å²) in [7, 11) is 0. The SMILES string of the molecule is CCOC(=O)C1=C[C@@H](O[C@@H](CC)CCc2ccccc2)[C@H](NC(C)=O)[C@@H](N=[N+]=[N-])C1. The summed E-state index contributed by atoms with van der Waals surface area (Å²) < 4.78 is 11.5. The van der Waals surface area contributed by atoms with Crippen LogP contribution in [0.25, 0.3) is 10.4 Å². The van der Waals surface area contributed by atoms with Crippen LogP contribution in [0.1, 0.15) is 45.6 Å². The minimum absolute atomic E-state index is 0.0871. The Balaban J connectivity index is 2.23. The van der Waals surface area contributed by atoms with Gasteiger partial charge in [-0.3, -0.25) is 4.79 Å². The molecule has 30 heavy (non-hydrogen) atoms. The van der Waals surface area contributed by atoms with Gasteiger partial charge in [0.25, 0.3) is 0 Å². The molecule has 1 N–H and O–H groups in total. The molecule has 8 heteroatoms. The van der Waals surface area contributed by atoms with Crippen molar-refractivity contribution in [3.63, 3.8) is 0 Å². The number of rotatable bonds is 10. The third kappa shape index (κ3) is 6.90. The van der Waals surface area contributed by atoms with Gasteiger partial charge >= 0.3 is 5.97 Å². The second kappa shape index (κ2) is 12.0. The number of azide groups is 1. The van der Waals surface area contributed by atoms with Crippen LogP contribution in [0.2, 0.25) is 0 Å². The fourth-order valence-corrected chi connectivity index (χ4v) is 3.60. The largest absolute Gasteiger partial charge is 0.463 e. The maximum atomic E-state index is 12.3. The molecule has 0 radical (unpaired) electrons. The molecule has 8 nitrogen and oxygen atoms in total. The van der Waals surface area contributed by atoms with Crippen LogP contribution in [0.4, 0.5) is 0 Å². The lowest BCUT2D eigenvalue weighted by atomic mass is 9.88. The Bertz CT molecular complexity index is 790. The number of hydrogen-bond donors (Lipinski definition) is 1. The molecule has 1 aliphatic carbocycles. The van der Waals surface area contributed by atoms with Crippen molar-refractivity contribution in [1.29, 1.82) is 0 Å². The van der Waals surface area contributed by atoms with Gasteiger partial charge in [-0.25, -0.2) is 4.79 Å². The van der Waals surface area contributed by atoms with Crippen molar-refractivity contribution in [3.8, 4) is 0 Å². The van der Waals surface area contributed by atoms with Crippen molar-refractivity contribution in [1.82, 2.24) is 5.32 Å². The van der Waals surface area contributed by atoms with E-state index in [0.29, 0.717) is 5.57 Å². The summed E-state index contributed by atoms with van der Waals surface area (Å²) in [6, 6.07) is 8.94. The van der Waals surface area contributed by atoms with Crippen molar-refractivity contribution in [3.05, 3.63) is 58.0 Å². The first-order valence-electron chi connectivity index (χ1n) is 10.4. The molecule has 0 heterocycles. The Morgan fingerprint density at radius 3 is 2.63 bits per heavy atom. The van der Waals surface area contributed by atoms with Gasteiger partial charge < -0.3 is 14.8 Å². The number of nitrogens with zero attached hydrogens (tertiary/aromatic N) is 3. The molecule has 0 saturated carbocycles. The number of amides is 1. The zero-order valence-corrected chi connectivity index (χ0v) is 17.8. The summed E-state index contributed by atoms with van der Waals surface area (Å²) in [5.74, 6) is -0.708. The second-order valence-corrected chi connectivity index (χ2v) is 7.27. The predicted molar refractivity (Wildman–Crippen MR) is 114 cm³/mol. The van der Waals surface area contributed by atoms with E-state index >= 15 is 0 Å². The van der Waals surface area contributed by atoms with Gasteiger partial charge in [-0.15, -0.1) is 0 Å². The number of nitrogens with one attached hydrogen (secondary N) is 1. The molecule has 1 aromatic carbocycles. The summed E-state index contributed by atoms with van der Waals surface area (Å²) in [5.41, 5.74) is 10.6. The van der Waals surface area contributed by atoms with E-state index in [2.05, 4.69) is 27.5 Å². The van der Waals surface area contributed by atoms with Crippen molar-refractivity contribution in [2.45, 2.75) is 70.7 Å². The summed E-state index contributed by atoms with van der Waals surface area (Å²) in [5, 5.41) is 6.66. The van der Waals surface area contributed by atoms with Gasteiger partial charge in [0, 0.05) is 17.4 Å². The first kappa shape index (κ1) is 23.4. The molecular formula is C22H30N4O4. The van der Waals surface area contributed by atoms with Crippen molar-refractivity contribution in [2.24, 2.45) is 5.11 Å². The molecule has 0 bridgehead atoms. The van der Waals surface area contributed by atoms with Gasteiger partial charge in [0.05, 0.1) is 30.9 Å². The molecule has 0 aliphatic heterocycles. The van der Waals surface area contributed by atoms with E-state index in [4.69, 9.17) is 15.0 Å². The van der Waals surface area contributed by atoms with Crippen LogP contribution in [0.3, 0.4) is 0 Å². The zero-order valence-electron chi connectivity index (χ0n) is 17.8. The highest BCUT2D eigenvalue weighted by Crippen LogP contribution is 2.27. The Labute approximate surface area is 177 Å². The maximum Gasteiger partial charge on any atom is 0.333 e. The Kier molecular flexibility index (Phi) is 9.38. The van der Waals surface area contributed by atoms with Gasteiger partial charge in [-0.1, -0.05) is 42.4 Å². The molecule has 1 amide bonds. The lowest BCUT2D eigenvalue weighted by Gasteiger charge is -2.36. The third-order valence-electron chi connectivity index (χ3n) is 5.07. The highest BCUT2D eigenvalue weighted by atomic mass is 16.5. The van der Waals surface area contributed by atoms with Crippen LogP contribution in [-0.2, 0) is 25.5 Å². The highest BCUT2D eigenvalue weighted by Gasteiger charge is 2.37.